The van der Waals surface area contributed by atoms with Gasteiger partial charge in [-0.15, -0.1) is 0 Å². The van der Waals surface area contributed by atoms with Gasteiger partial charge in [-0.25, -0.2) is 4.79 Å². The molecule has 3 heteroatoms. The van der Waals surface area contributed by atoms with E-state index in [1.165, 1.54) is 38.5 Å². The summed E-state index contributed by atoms with van der Waals surface area (Å²) in [6, 6.07) is 9.42. The molecule has 34 heavy (non-hydrogen) atoms. The largest absolute Gasteiger partial charge is 0.459 e. The predicted molar refractivity (Wildman–Crippen MR) is 136 cm³/mol. The van der Waals surface area contributed by atoms with Crippen LogP contribution in [0.25, 0.3) is 0 Å². The van der Waals surface area contributed by atoms with Crippen molar-refractivity contribution in [3.05, 3.63) is 35.9 Å². The third-order valence-electron chi connectivity index (χ3n) is 11.5. The van der Waals surface area contributed by atoms with Crippen LogP contribution in [0, 0.1) is 46.3 Å². The third-order valence-corrected chi connectivity index (χ3v) is 11.5. The topological polar surface area (TPSA) is 46.5 Å². The molecule has 4 fully saturated rings. The highest BCUT2D eigenvalue weighted by Gasteiger charge is 2.63. The number of aliphatic hydroxyl groups excluding tert-OH is 1. The first-order chi connectivity index (χ1) is 16.3. The molecule has 0 heterocycles. The second-order valence-corrected chi connectivity index (χ2v) is 12.9. The van der Waals surface area contributed by atoms with Crippen LogP contribution in [0.3, 0.4) is 0 Å². The van der Waals surface area contributed by atoms with Crippen LogP contribution in [-0.2, 0) is 4.74 Å². The van der Waals surface area contributed by atoms with E-state index in [1.54, 1.807) is 0 Å². The number of carbonyl (C=O) groups excluding carboxylic acids is 1. The number of carbonyl (C=O) groups is 1. The van der Waals surface area contributed by atoms with E-state index in [4.69, 9.17) is 4.74 Å². The summed E-state index contributed by atoms with van der Waals surface area (Å²) >= 11 is 0. The highest BCUT2D eigenvalue weighted by atomic mass is 16.5. The van der Waals surface area contributed by atoms with Crippen LogP contribution in [0.2, 0.25) is 0 Å². The minimum absolute atomic E-state index is 0.0341. The maximum absolute atomic E-state index is 12.7. The SMILES string of the molecule is CCC[C@@H](C)C1CC[C@H]2[C@@H]3CC[C@@H]4C[C@H](OC(=O)c5ccccc5)CC[C@]4(C)C3C[C@@H](O)[C@]12C. The van der Waals surface area contributed by atoms with Gasteiger partial charge in [0, 0.05) is 0 Å². The van der Waals surface area contributed by atoms with Gasteiger partial charge in [-0.2, -0.15) is 0 Å². The van der Waals surface area contributed by atoms with Gasteiger partial charge in [0.1, 0.15) is 6.10 Å². The fourth-order valence-electron chi connectivity index (χ4n) is 9.70. The summed E-state index contributed by atoms with van der Waals surface area (Å²) < 4.78 is 5.99. The van der Waals surface area contributed by atoms with Crippen LogP contribution in [0.1, 0.15) is 102 Å². The van der Waals surface area contributed by atoms with Gasteiger partial charge < -0.3 is 9.84 Å². The Labute approximate surface area is 207 Å². The first kappa shape index (κ1) is 24.3. The number of benzene rings is 1. The molecule has 0 radical (unpaired) electrons. The van der Waals surface area contributed by atoms with Crippen LogP contribution in [0.5, 0.6) is 0 Å². The molecule has 0 amide bonds. The molecule has 4 saturated carbocycles. The number of hydrogen-bond acceptors (Lipinski definition) is 3. The molecule has 3 nitrogen and oxygen atoms in total. The summed E-state index contributed by atoms with van der Waals surface area (Å²) in [5.74, 6) is 3.87. The Kier molecular flexibility index (Phi) is 6.63. The van der Waals surface area contributed by atoms with Crippen molar-refractivity contribution in [1.82, 2.24) is 0 Å². The highest BCUT2D eigenvalue weighted by molar-refractivity contribution is 5.89. The summed E-state index contributed by atoms with van der Waals surface area (Å²) in [6.45, 7) is 9.72. The van der Waals surface area contributed by atoms with E-state index in [0.29, 0.717) is 35.2 Å². The van der Waals surface area contributed by atoms with Crippen molar-refractivity contribution in [3.63, 3.8) is 0 Å². The van der Waals surface area contributed by atoms with Crippen molar-refractivity contribution in [2.75, 3.05) is 0 Å². The van der Waals surface area contributed by atoms with Crippen molar-refractivity contribution >= 4 is 5.97 Å². The molecule has 188 valence electrons. The van der Waals surface area contributed by atoms with E-state index < -0.39 is 0 Å². The van der Waals surface area contributed by atoms with Crippen molar-refractivity contribution in [2.24, 2.45) is 46.3 Å². The van der Waals surface area contributed by atoms with E-state index in [0.717, 1.165) is 31.6 Å². The Morgan fingerprint density at radius 1 is 1.06 bits per heavy atom. The average molecular weight is 467 g/mol. The number of fused-ring (bicyclic) bond motifs is 5. The molecular weight excluding hydrogens is 420 g/mol. The van der Waals surface area contributed by atoms with Gasteiger partial charge in [-0.05, 0) is 110 Å². The smallest absolute Gasteiger partial charge is 0.338 e. The Balaban J connectivity index is 1.30. The van der Waals surface area contributed by atoms with Gasteiger partial charge in [0.15, 0.2) is 0 Å². The van der Waals surface area contributed by atoms with Crippen LogP contribution >= 0.6 is 0 Å². The third kappa shape index (κ3) is 3.85. The van der Waals surface area contributed by atoms with Gasteiger partial charge in [-0.3, -0.25) is 0 Å². The van der Waals surface area contributed by atoms with E-state index >= 15 is 0 Å². The van der Waals surface area contributed by atoms with Crippen molar-refractivity contribution in [3.8, 4) is 0 Å². The molecule has 5 rings (SSSR count). The van der Waals surface area contributed by atoms with E-state index in [2.05, 4.69) is 27.7 Å². The monoisotopic (exact) mass is 466 g/mol. The number of rotatable bonds is 5. The second kappa shape index (κ2) is 9.26. The lowest BCUT2D eigenvalue weighted by atomic mass is 9.43. The molecule has 10 atom stereocenters. The summed E-state index contributed by atoms with van der Waals surface area (Å²) in [6.07, 6.45) is 11.6. The molecule has 4 aliphatic rings. The fourth-order valence-corrected chi connectivity index (χ4v) is 9.70. The van der Waals surface area contributed by atoms with Crippen molar-refractivity contribution < 1.29 is 14.6 Å². The Morgan fingerprint density at radius 3 is 2.56 bits per heavy atom. The summed E-state index contributed by atoms with van der Waals surface area (Å²) in [7, 11) is 0. The van der Waals surface area contributed by atoms with Gasteiger partial charge in [-0.1, -0.05) is 58.7 Å². The van der Waals surface area contributed by atoms with Crippen molar-refractivity contribution in [1.29, 1.82) is 0 Å². The minimum Gasteiger partial charge on any atom is -0.459 e. The lowest BCUT2D eigenvalue weighted by Crippen LogP contribution is -2.59. The molecule has 1 N–H and O–H groups in total. The van der Waals surface area contributed by atoms with Gasteiger partial charge in [0.25, 0.3) is 0 Å². The molecule has 0 spiro atoms. The fraction of sp³-hybridized carbons (Fsp3) is 0.774. The molecule has 0 aliphatic heterocycles. The maximum Gasteiger partial charge on any atom is 0.338 e. The first-order valence-corrected chi connectivity index (χ1v) is 14.2. The van der Waals surface area contributed by atoms with E-state index in [1.807, 2.05) is 30.3 Å². The number of hydrogen-bond donors (Lipinski definition) is 1. The Bertz CT molecular complexity index is 867. The second-order valence-electron chi connectivity index (χ2n) is 12.9. The average Bonchev–Trinajstić information content (AvgIpc) is 3.19. The molecule has 0 bridgehead atoms. The number of esters is 1. The Hall–Kier alpha value is -1.35. The highest BCUT2D eigenvalue weighted by Crippen LogP contribution is 2.68. The van der Waals surface area contributed by atoms with Crippen molar-refractivity contribution in [2.45, 2.75) is 104 Å². The van der Waals surface area contributed by atoms with Gasteiger partial charge in [0.2, 0.25) is 0 Å². The summed E-state index contributed by atoms with van der Waals surface area (Å²) in [5, 5.41) is 11.7. The number of ether oxygens (including phenoxy) is 1. The van der Waals surface area contributed by atoms with Gasteiger partial charge >= 0.3 is 5.97 Å². The zero-order chi connectivity index (χ0) is 24.1. The predicted octanol–water partition coefficient (Wildman–Crippen LogP) is 7.28. The van der Waals surface area contributed by atoms with E-state index in [-0.39, 0.29) is 29.0 Å². The molecule has 0 aromatic heterocycles. The van der Waals surface area contributed by atoms with Crippen LogP contribution < -0.4 is 0 Å². The quantitative estimate of drug-likeness (QED) is 0.464. The van der Waals surface area contributed by atoms with Crippen LogP contribution in [-0.4, -0.2) is 23.3 Å². The van der Waals surface area contributed by atoms with Crippen LogP contribution in [0.15, 0.2) is 30.3 Å². The molecule has 2 unspecified atom stereocenters. The maximum atomic E-state index is 12.7. The normalized spacial score (nSPS) is 44.4. The van der Waals surface area contributed by atoms with Gasteiger partial charge in [0.05, 0.1) is 11.7 Å². The molecular formula is C31H46O3. The molecule has 1 aromatic carbocycles. The lowest BCUT2D eigenvalue weighted by molar-refractivity contribution is -0.175. The molecule has 0 saturated heterocycles. The molecule has 4 aliphatic carbocycles. The summed E-state index contributed by atoms with van der Waals surface area (Å²) in [4.78, 5) is 12.7. The zero-order valence-corrected chi connectivity index (χ0v) is 21.8. The number of aliphatic hydroxyl groups is 1. The van der Waals surface area contributed by atoms with E-state index in [9.17, 15) is 9.90 Å². The molecule has 1 aromatic rings. The Morgan fingerprint density at radius 2 is 1.82 bits per heavy atom. The lowest BCUT2D eigenvalue weighted by Gasteiger charge is -2.62. The van der Waals surface area contributed by atoms with Crippen LogP contribution in [0.4, 0.5) is 0 Å². The minimum atomic E-state index is -0.176. The standard InChI is InChI=1S/C31H46O3/c1-5-9-20(2)25-14-15-26-24-13-12-22-18-23(34-29(33)21-10-7-6-8-11-21)16-17-30(22,3)27(24)19-28(32)31(25,26)4/h6-8,10-11,20,22-28,32H,5,9,12-19H2,1-4H3/t20-,22-,23-,24+,25?,26+,27?,28-,30+,31-/m1/s1. The first-order valence-electron chi connectivity index (χ1n) is 14.2. The summed E-state index contributed by atoms with van der Waals surface area (Å²) in [5.41, 5.74) is 1.03. The zero-order valence-electron chi connectivity index (χ0n) is 21.8.